The number of nitrogens with one attached hydrogen (secondary N) is 4. The predicted octanol–water partition coefficient (Wildman–Crippen LogP) is 4.79. The number of thioether (sulfide) groups is 1. The molecule has 3 aliphatic heterocycles. The highest BCUT2D eigenvalue weighted by molar-refractivity contribution is 8.15. The molecule has 416 valence electrons. The van der Waals surface area contributed by atoms with Gasteiger partial charge in [-0.2, -0.15) is 0 Å². The maximum Gasteiger partial charge on any atom is 0.338 e. The number of hydroxylamine groups is 1. The number of cyclic esters (lactones) is 1. The number of hydrogen-bond acceptors (Lipinski definition) is 16. The van der Waals surface area contributed by atoms with E-state index >= 15 is 0 Å². The average Bonchev–Trinajstić information content (AvgIpc) is 3.80. The van der Waals surface area contributed by atoms with E-state index in [9.17, 15) is 48.6 Å². The Bertz CT molecular complexity index is 2440. The summed E-state index contributed by atoms with van der Waals surface area (Å²) in [4.78, 5) is 102. The number of aliphatic hydroxyl groups is 1. The molecular weight excluding hydrogens is 995 g/mol. The molecule has 5 unspecified atom stereocenters. The number of carbonyl (C=O) groups is 8. The number of rotatable bonds is 21. The molecule has 0 saturated carbocycles. The van der Waals surface area contributed by atoms with Crippen molar-refractivity contribution >= 4 is 58.5 Å². The minimum atomic E-state index is -1.85. The fourth-order valence-corrected chi connectivity index (χ4v) is 9.91. The highest BCUT2D eigenvalue weighted by Crippen LogP contribution is 2.44. The zero-order valence-corrected chi connectivity index (χ0v) is 46.2. The third-order valence-electron chi connectivity index (χ3n) is 13.3. The Morgan fingerprint density at radius 1 is 0.893 bits per heavy atom. The standard InChI is InChI=1S/C42H59N5O11S.C11H18O5/c1-22(2)20-29(32(49)37(52)46-56)35(50)44-34(41(6,7)8)38(53)43-16-17-47(18-19-57-27-12-10-26(11-13-27)21-30-36(51)45-40(55)59-30)39(54)42(9)15-14-28-25(5)31(48)23(3)24(4)33(28)58-42;1-6(2)5-7(9(12)13)8-10(14)16-11(3,4)15-8/h10-13,22,29-30,32,34,48-49,56H,14-21H2,1-9H3,(H,43,53)(H,44,50)(H,46,52)(H,45,51,55);6-8H,5H2,1-4H3,(H,12,13)/t29?,30?,32?,34-,42?;7?,8-/m10/s1. The van der Waals surface area contributed by atoms with Crippen LogP contribution in [0.1, 0.15) is 116 Å². The van der Waals surface area contributed by atoms with Gasteiger partial charge in [-0.15, -0.1) is 0 Å². The summed E-state index contributed by atoms with van der Waals surface area (Å²) in [5, 5.41) is 46.4. The van der Waals surface area contributed by atoms with E-state index in [-0.39, 0.29) is 67.3 Å². The molecule has 0 bridgehead atoms. The Morgan fingerprint density at radius 2 is 1.52 bits per heavy atom. The Hall–Kier alpha value is -5.97. The number of carbonyl (C=O) groups excluding carboxylic acids is 7. The van der Waals surface area contributed by atoms with Gasteiger partial charge in [0.2, 0.25) is 23.5 Å². The van der Waals surface area contributed by atoms with Gasteiger partial charge in [0.05, 0.1) is 23.6 Å². The van der Waals surface area contributed by atoms with Crippen LogP contribution in [0.2, 0.25) is 0 Å². The normalized spacial score (nSPS) is 20.5. The van der Waals surface area contributed by atoms with Crippen LogP contribution in [0.4, 0.5) is 4.79 Å². The molecule has 7 atom stereocenters. The van der Waals surface area contributed by atoms with E-state index in [4.69, 9.17) is 29.3 Å². The summed E-state index contributed by atoms with van der Waals surface area (Å²) in [5.74, 6) is -6.44. The number of aliphatic hydroxyl groups excluding tert-OH is 1. The minimum Gasteiger partial charge on any atom is -0.507 e. The number of aromatic hydroxyl groups is 1. The largest absolute Gasteiger partial charge is 0.507 e. The molecule has 2 fully saturated rings. The number of phenolic OH excluding ortho intramolecular Hbond substituents is 1. The number of ether oxygens (including phenoxy) is 4. The lowest BCUT2D eigenvalue weighted by Crippen LogP contribution is -2.58. The minimum absolute atomic E-state index is 0.0142. The molecule has 21 nitrogen and oxygen atoms in total. The predicted molar refractivity (Wildman–Crippen MR) is 276 cm³/mol. The van der Waals surface area contributed by atoms with Gasteiger partial charge in [0.15, 0.2) is 11.7 Å². The van der Waals surface area contributed by atoms with Gasteiger partial charge in [-0.3, -0.25) is 44.1 Å². The lowest BCUT2D eigenvalue weighted by atomic mass is 9.84. The van der Waals surface area contributed by atoms with E-state index in [1.165, 1.54) is 5.48 Å². The summed E-state index contributed by atoms with van der Waals surface area (Å²) in [6, 6.07) is 6.00. The van der Waals surface area contributed by atoms with E-state index in [0.717, 1.165) is 28.5 Å². The van der Waals surface area contributed by atoms with Crippen LogP contribution in [0.15, 0.2) is 24.3 Å². The third-order valence-corrected chi connectivity index (χ3v) is 14.3. The topological polar surface area (TPSA) is 306 Å². The second-order valence-electron chi connectivity index (χ2n) is 21.9. The number of imide groups is 1. The fraction of sp³-hybridized carbons (Fsp3) is 0.623. The zero-order valence-electron chi connectivity index (χ0n) is 45.3. The lowest BCUT2D eigenvalue weighted by Gasteiger charge is -2.40. The van der Waals surface area contributed by atoms with Gasteiger partial charge in [0.1, 0.15) is 36.0 Å². The fourth-order valence-electron chi connectivity index (χ4n) is 9.05. The number of nitrogens with zero attached hydrogens (tertiary/aromatic N) is 1. The molecule has 8 N–H and O–H groups in total. The molecule has 2 aromatic carbocycles. The van der Waals surface area contributed by atoms with Crippen LogP contribution in [0.25, 0.3) is 0 Å². The Morgan fingerprint density at radius 3 is 2.04 bits per heavy atom. The van der Waals surface area contributed by atoms with Crippen molar-refractivity contribution in [3.8, 4) is 17.2 Å². The van der Waals surface area contributed by atoms with Gasteiger partial charge in [0.25, 0.3) is 17.1 Å². The zero-order chi connectivity index (χ0) is 56.5. The molecule has 3 aliphatic rings. The number of benzene rings is 2. The maximum atomic E-state index is 14.5. The summed E-state index contributed by atoms with van der Waals surface area (Å²) in [7, 11) is 0. The molecule has 0 spiro atoms. The Balaban J connectivity index is 0.000000647. The van der Waals surface area contributed by atoms with Gasteiger partial charge < -0.3 is 49.8 Å². The summed E-state index contributed by atoms with van der Waals surface area (Å²) >= 11 is 0.957. The smallest absolute Gasteiger partial charge is 0.338 e. The van der Waals surface area contributed by atoms with Crippen molar-refractivity contribution in [2.24, 2.45) is 29.1 Å². The highest BCUT2D eigenvalue weighted by Gasteiger charge is 2.48. The van der Waals surface area contributed by atoms with E-state index in [0.29, 0.717) is 48.3 Å². The molecule has 0 radical (unpaired) electrons. The summed E-state index contributed by atoms with van der Waals surface area (Å²) in [6.07, 6.45) is -1.16. The van der Waals surface area contributed by atoms with Crippen molar-refractivity contribution < 1.29 is 77.8 Å². The molecular formula is C53H77N5O16S. The monoisotopic (exact) mass is 1070 g/mol. The van der Waals surface area contributed by atoms with Gasteiger partial charge in [-0.1, -0.05) is 72.4 Å². The number of aliphatic carboxylic acids is 1. The van der Waals surface area contributed by atoms with Crippen molar-refractivity contribution in [1.29, 1.82) is 0 Å². The van der Waals surface area contributed by atoms with Crippen molar-refractivity contribution in [3.05, 3.63) is 52.1 Å². The number of hydrogen-bond donors (Lipinski definition) is 8. The van der Waals surface area contributed by atoms with Crippen molar-refractivity contribution in [2.75, 3.05) is 26.2 Å². The first-order chi connectivity index (χ1) is 34.8. The molecule has 0 aromatic heterocycles. The second-order valence-corrected chi connectivity index (χ2v) is 23.1. The van der Waals surface area contributed by atoms with Crippen LogP contribution < -0.4 is 30.9 Å². The van der Waals surface area contributed by atoms with Gasteiger partial charge in [-0.05, 0) is 105 Å². The number of carboxylic acid groups (broad SMARTS) is 1. The first-order valence-electron chi connectivity index (χ1n) is 25.2. The molecule has 0 aliphatic carbocycles. The van der Waals surface area contributed by atoms with E-state index < -0.39 is 81.8 Å². The molecule has 22 heteroatoms. The number of fused-ring (bicyclic) bond motifs is 1. The number of phenols is 1. The van der Waals surface area contributed by atoms with Crippen molar-refractivity contribution in [3.63, 3.8) is 0 Å². The molecule has 3 heterocycles. The Labute approximate surface area is 442 Å². The maximum absolute atomic E-state index is 14.5. The first kappa shape index (κ1) is 61.6. The SMILES string of the molecule is CC(C)CC(C(=O)O)[C@@H]1OC(C)(C)OC1=O.Cc1c(C)c2c(c(C)c1O)CCC(C)(C(=O)N(CCNC(=O)[C@@H](NC(=O)C(CC(C)C)C(O)C(=O)NO)C(C)(C)C)CCOc1ccc(CC3SC(=O)NC3=O)cc1)O2. The summed E-state index contributed by atoms with van der Waals surface area (Å²) in [6.45, 7) is 23.3. The van der Waals surface area contributed by atoms with Crippen LogP contribution in [0.3, 0.4) is 0 Å². The molecule has 5 rings (SSSR count). The second kappa shape index (κ2) is 25.7. The average molecular weight is 1070 g/mol. The van der Waals surface area contributed by atoms with Gasteiger partial charge >= 0.3 is 11.9 Å². The van der Waals surface area contributed by atoms with Crippen LogP contribution in [-0.4, -0.2) is 133 Å². The number of esters is 1. The summed E-state index contributed by atoms with van der Waals surface area (Å²) in [5.41, 5.74) is 3.07. The van der Waals surface area contributed by atoms with Crippen LogP contribution in [0, 0.1) is 49.9 Å². The number of carboxylic acids is 1. The molecule has 2 aromatic rings. The lowest BCUT2D eigenvalue weighted by molar-refractivity contribution is -0.164. The van der Waals surface area contributed by atoms with Crippen LogP contribution in [0.5, 0.6) is 17.2 Å². The summed E-state index contributed by atoms with van der Waals surface area (Å²) < 4.78 is 22.8. The van der Waals surface area contributed by atoms with Crippen LogP contribution >= 0.6 is 11.8 Å². The molecule has 6 amide bonds. The molecule has 2 saturated heterocycles. The van der Waals surface area contributed by atoms with E-state index in [1.807, 2.05) is 41.5 Å². The number of amides is 6. The molecule has 75 heavy (non-hydrogen) atoms. The Kier molecular flexibility index (Phi) is 21.1. The van der Waals surface area contributed by atoms with Crippen molar-refractivity contribution in [2.45, 2.75) is 157 Å². The third kappa shape index (κ3) is 16.3. The first-order valence-corrected chi connectivity index (χ1v) is 26.0. The highest BCUT2D eigenvalue weighted by atomic mass is 32.2. The van der Waals surface area contributed by atoms with E-state index in [1.54, 1.807) is 77.6 Å². The van der Waals surface area contributed by atoms with Gasteiger partial charge in [0, 0.05) is 38.9 Å². The van der Waals surface area contributed by atoms with Crippen molar-refractivity contribution in [1.82, 2.24) is 26.3 Å². The van der Waals surface area contributed by atoms with Crippen LogP contribution in [-0.2, 0) is 55.9 Å². The van der Waals surface area contributed by atoms with Gasteiger partial charge in [-0.25, -0.2) is 10.3 Å². The van der Waals surface area contributed by atoms with E-state index in [2.05, 4.69) is 16.0 Å². The quantitative estimate of drug-likeness (QED) is 0.0473.